The first-order valence-corrected chi connectivity index (χ1v) is 10.2. The number of halogens is 2. The van der Waals surface area contributed by atoms with Crippen molar-refractivity contribution in [1.82, 2.24) is 14.4 Å². The van der Waals surface area contributed by atoms with Crippen LogP contribution in [0.1, 0.15) is 25.3 Å². The number of carbonyl (C=O) groups excluding carboxylic acids is 2. The minimum atomic E-state index is -0.892. The van der Waals surface area contributed by atoms with Gasteiger partial charge in [-0.25, -0.2) is 13.6 Å². The van der Waals surface area contributed by atoms with E-state index in [1.165, 1.54) is 11.2 Å². The van der Waals surface area contributed by atoms with Gasteiger partial charge >= 0.3 is 6.03 Å². The number of nitrogens with one attached hydrogen (secondary N) is 1. The highest BCUT2D eigenvalue weighted by Gasteiger charge is 2.25. The molecule has 1 aromatic carbocycles. The quantitative estimate of drug-likeness (QED) is 0.561. The summed E-state index contributed by atoms with van der Waals surface area (Å²) >= 11 is 0. The van der Waals surface area contributed by atoms with Crippen LogP contribution in [0, 0.1) is 11.6 Å². The SMILES string of the molecule is CC(C)N(CC(=O)N(Cc1ccco1)Cc1cccn1C)C(=O)Nc1ccc(F)cc1F. The van der Waals surface area contributed by atoms with Crippen LogP contribution in [0.3, 0.4) is 0 Å². The highest BCUT2D eigenvalue weighted by atomic mass is 19.1. The molecule has 0 aliphatic rings. The molecule has 7 nitrogen and oxygen atoms in total. The summed E-state index contributed by atoms with van der Waals surface area (Å²) in [6.07, 6.45) is 3.42. The zero-order valence-electron chi connectivity index (χ0n) is 18.2. The maximum Gasteiger partial charge on any atom is 0.322 e. The molecule has 0 spiro atoms. The molecule has 2 heterocycles. The van der Waals surface area contributed by atoms with E-state index >= 15 is 0 Å². The van der Waals surface area contributed by atoms with E-state index in [1.54, 1.807) is 30.9 Å². The second-order valence-corrected chi connectivity index (χ2v) is 7.72. The topological polar surface area (TPSA) is 70.7 Å². The van der Waals surface area contributed by atoms with Crippen molar-refractivity contribution in [3.8, 4) is 0 Å². The van der Waals surface area contributed by atoms with Gasteiger partial charge in [0.05, 0.1) is 25.0 Å². The molecule has 0 radical (unpaired) electrons. The number of aromatic nitrogens is 1. The molecule has 0 unspecified atom stereocenters. The van der Waals surface area contributed by atoms with Gasteiger partial charge in [0.25, 0.3) is 0 Å². The number of nitrogens with zero attached hydrogens (tertiary/aromatic N) is 3. The first-order valence-electron chi connectivity index (χ1n) is 10.2. The van der Waals surface area contributed by atoms with Gasteiger partial charge in [0.15, 0.2) is 0 Å². The number of hydrogen-bond acceptors (Lipinski definition) is 3. The normalized spacial score (nSPS) is 10.9. The van der Waals surface area contributed by atoms with Crippen molar-refractivity contribution in [2.75, 3.05) is 11.9 Å². The predicted octanol–water partition coefficient (Wildman–Crippen LogP) is 4.37. The first-order chi connectivity index (χ1) is 15.2. The Balaban J connectivity index is 1.76. The van der Waals surface area contributed by atoms with Crippen molar-refractivity contribution in [3.05, 3.63) is 78.0 Å². The van der Waals surface area contributed by atoms with E-state index in [0.29, 0.717) is 18.4 Å². The Bertz CT molecular complexity index is 1060. The second-order valence-electron chi connectivity index (χ2n) is 7.72. The molecule has 3 aromatic rings. The molecule has 0 aliphatic carbocycles. The number of anilines is 1. The summed E-state index contributed by atoms with van der Waals surface area (Å²) in [7, 11) is 1.88. The summed E-state index contributed by atoms with van der Waals surface area (Å²) in [4.78, 5) is 28.9. The third kappa shape index (κ3) is 5.75. The fourth-order valence-corrected chi connectivity index (χ4v) is 3.19. The van der Waals surface area contributed by atoms with E-state index in [4.69, 9.17) is 4.42 Å². The summed E-state index contributed by atoms with van der Waals surface area (Å²) in [5.41, 5.74) is 0.754. The first kappa shape index (κ1) is 23.1. The maximum absolute atomic E-state index is 14.0. The van der Waals surface area contributed by atoms with Crippen LogP contribution in [0.15, 0.2) is 59.3 Å². The van der Waals surface area contributed by atoms with E-state index in [-0.39, 0.29) is 30.7 Å². The van der Waals surface area contributed by atoms with Crippen LogP contribution in [-0.4, -0.2) is 38.9 Å². The number of aryl methyl sites for hydroxylation is 1. The van der Waals surface area contributed by atoms with Crippen molar-refractivity contribution >= 4 is 17.6 Å². The second kappa shape index (κ2) is 10.1. The van der Waals surface area contributed by atoms with Crippen LogP contribution in [0.4, 0.5) is 19.3 Å². The zero-order valence-corrected chi connectivity index (χ0v) is 18.2. The molecular weight excluding hydrogens is 418 g/mol. The molecule has 1 N–H and O–H groups in total. The van der Waals surface area contributed by atoms with Crippen LogP contribution in [-0.2, 0) is 24.9 Å². The molecule has 170 valence electrons. The largest absolute Gasteiger partial charge is 0.467 e. The van der Waals surface area contributed by atoms with Gasteiger partial charge in [0, 0.05) is 31.0 Å². The van der Waals surface area contributed by atoms with E-state index < -0.39 is 17.7 Å². The zero-order chi connectivity index (χ0) is 23.3. The molecule has 0 aliphatic heterocycles. The van der Waals surface area contributed by atoms with Crippen LogP contribution in [0.5, 0.6) is 0 Å². The van der Waals surface area contributed by atoms with E-state index in [2.05, 4.69) is 5.32 Å². The average Bonchev–Trinajstić information content (AvgIpc) is 3.39. The van der Waals surface area contributed by atoms with Crippen LogP contribution >= 0.6 is 0 Å². The van der Waals surface area contributed by atoms with Crippen molar-refractivity contribution in [2.45, 2.75) is 33.0 Å². The van der Waals surface area contributed by atoms with Crippen molar-refractivity contribution in [3.63, 3.8) is 0 Å². The number of benzene rings is 1. The lowest BCUT2D eigenvalue weighted by Gasteiger charge is -2.30. The van der Waals surface area contributed by atoms with Crippen LogP contribution in [0.25, 0.3) is 0 Å². The molecular formula is C23H26F2N4O3. The van der Waals surface area contributed by atoms with Gasteiger partial charge in [-0.3, -0.25) is 4.79 Å². The van der Waals surface area contributed by atoms with Gasteiger partial charge in [0.1, 0.15) is 23.9 Å². The van der Waals surface area contributed by atoms with Gasteiger partial charge in [-0.2, -0.15) is 0 Å². The number of amides is 3. The lowest BCUT2D eigenvalue weighted by molar-refractivity contribution is -0.133. The maximum atomic E-state index is 14.0. The molecule has 3 rings (SSSR count). The Hall–Kier alpha value is -3.62. The van der Waals surface area contributed by atoms with Gasteiger partial charge in [-0.05, 0) is 50.2 Å². The molecule has 0 bridgehead atoms. The van der Waals surface area contributed by atoms with Crippen LogP contribution in [0.2, 0.25) is 0 Å². The van der Waals surface area contributed by atoms with Gasteiger partial charge < -0.3 is 24.1 Å². The Kier molecular flexibility index (Phi) is 7.29. The summed E-state index contributed by atoms with van der Waals surface area (Å²) in [5, 5.41) is 2.42. The lowest BCUT2D eigenvalue weighted by Crippen LogP contribution is -2.47. The molecule has 0 atom stereocenters. The Morgan fingerprint density at radius 1 is 1.12 bits per heavy atom. The van der Waals surface area contributed by atoms with E-state index in [0.717, 1.165) is 17.8 Å². The highest BCUT2D eigenvalue weighted by Crippen LogP contribution is 2.17. The minimum absolute atomic E-state index is 0.161. The van der Waals surface area contributed by atoms with Gasteiger partial charge in [-0.15, -0.1) is 0 Å². The predicted molar refractivity (Wildman–Crippen MR) is 116 cm³/mol. The van der Waals surface area contributed by atoms with Crippen molar-refractivity contribution in [2.24, 2.45) is 7.05 Å². The molecule has 2 aromatic heterocycles. The average molecular weight is 444 g/mol. The summed E-state index contributed by atoms with van der Waals surface area (Å²) < 4.78 is 34.4. The minimum Gasteiger partial charge on any atom is -0.467 e. The van der Waals surface area contributed by atoms with Crippen LogP contribution < -0.4 is 5.32 Å². The number of carbonyl (C=O) groups is 2. The molecule has 0 saturated heterocycles. The smallest absolute Gasteiger partial charge is 0.322 e. The summed E-state index contributed by atoms with van der Waals surface area (Å²) in [6, 6.07) is 9.18. The molecule has 3 amide bonds. The van der Waals surface area contributed by atoms with Gasteiger partial charge in [0.2, 0.25) is 5.91 Å². The number of furan rings is 1. The molecule has 9 heteroatoms. The number of rotatable bonds is 8. The Labute approximate surface area is 185 Å². The fourth-order valence-electron chi connectivity index (χ4n) is 3.19. The van der Waals surface area contributed by atoms with Gasteiger partial charge in [-0.1, -0.05) is 0 Å². The monoisotopic (exact) mass is 444 g/mol. The van der Waals surface area contributed by atoms with Crippen molar-refractivity contribution in [1.29, 1.82) is 0 Å². The third-order valence-electron chi connectivity index (χ3n) is 5.05. The summed E-state index contributed by atoms with van der Waals surface area (Å²) in [6.45, 7) is 3.83. The van der Waals surface area contributed by atoms with Crippen molar-refractivity contribution < 1.29 is 22.8 Å². The molecule has 32 heavy (non-hydrogen) atoms. The Morgan fingerprint density at radius 2 is 1.91 bits per heavy atom. The standard InChI is InChI=1S/C23H26F2N4O3/c1-16(2)29(23(31)26-21-9-8-17(24)12-20(21)25)15-22(30)28(14-19-7-5-11-32-19)13-18-6-4-10-27(18)3/h4-12,16H,13-15H2,1-3H3,(H,26,31). The van der Waals surface area contributed by atoms with E-state index in [1.807, 2.05) is 29.9 Å². The third-order valence-corrected chi connectivity index (χ3v) is 5.05. The lowest BCUT2D eigenvalue weighted by atomic mass is 10.2. The number of hydrogen-bond donors (Lipinski definition) is 1. The molecule has 0 fully saturated rings. The molecule has 0 saturated carbocycles. The fraction of sp³-hybridized carbons (Fsp3) is 0.304. The highest BCUT2D eigenvalue weighted by molar-refractivity contribution is 5.92. The number of urea groups is 1. The summed E-state index contributed by atoms with van der Waals surface area (Å²) in [5.74, 6) is -1.32. The Morgan fingerprint density at radius 3 is 2.50 bits per heavy atom. The van der Waals surface area contributed by atoms with E-state index in [9.17, 15) is 18.4 Å².